The molecule has 0 heterocycles. The van der Waals surface area contributed by atoms with Crippen LogP contribution in [0.15, 0.2) is 55.6 Å². The Kier molecular flexibility index (Phi) is 15.5. The average molecular weight is 393 g/mol. The third-order valence-electron chi connectivity index (χ3n) is 1.55. The normalized spacial score (nSPS) is 6.86. The smallest absolute Gasteiger partial charge is 0 e. The van der Waals surface area contributed by atoms with E-state index in [0.29, 0.717) is 0 Å². The van der Waals surface area contributed by atoms with Crippen molar-refractivity contribution in [2.45, 2.75) is 0 Å². The molecule has 0 N–H and O–H groups in total. The number of halogens is 2. The van der Waals surface area contributed by atoms with Gasteiger partial charge in [0.15, 0.2) is 0 Å². The SMILES string of the molecule is C=C.[Cl-].[Cl-].[Hf].c1ccc2[cH-]ccc2c1. The third-order valence-corrected chi connectivity index (χ3v) is 1.55. The van der Waals surface area contributed by atoms with Crippen molar-refractivity contribution in [2.75, 3.05) is 0 Å². The monoisotopic (exact) mass is 393 g/mol. The van der Waals surface area contributed by atoms with Crippen LogP contribution in [0.5, 0.6) is 0 Å². The summed E-state index contributed by atoms with van der Waals surface area (Å²) in [5, 5.41) is 2.66. The summed E-state index contributed by atoms with van der Waals surface area (Å²) in [5.74, 6) is 0. The minimum Gasteiger partial charge on any atom is -1.00 e. The number of hydrogen-bond acceptors (Lipinski definition) is 0. The van der Waals surface area contributed by atoms with Gasteiger partial charge in [0.1, 0.15) is 0 Å². The van der Waals surface area contributed by atoms with E-state index in [2.05, 4.69) is 55.6 Å². The molecule has 0 amide bonds. The van der Waals surface area contributed by atoms with Crippen molar-refractivity contribution in [2.24, 2.45) is 0 Å². The van der Waals surface area contributed by atoms with Gasteiger partial charge in [0.05, 0.1) is 0 Å². The van der Waals surface area contributed by atoms with Gasteiger partial charge in [-0.3, -0.25) is 0 Å². The first-order valence-corrected chi connectivity index (χ1v) is 3.57. The Bertz CT molecular complexity index is 300. The Morgan fingerprint density at radius 3 is 2.07 bits per heavy atom. The molecule has 0 atom stereocenters. The van der Waals surface area contributed by atoms with E-state index >= 15 is 0 Å². The van der Waals surface area contributed by atoms with Crippen LogP contribution < -0.4 is 24.8 Å². The molecule has 0 nitrogen and oxygen atoms in total. The van der Waals surface area contributed by atoms with E-state index in [4.69, 9.17) is 0 Å². The molecule has 14 heavy (non-hydrogen) atoms. The molecule has 0 aliphatic heterocycles. The van der Waals surface area contributed by atoms with E-state index in [1.807, 2.05) is 0 Å². The zero-order valence-electron chi connectivity index (χ0n) is 7.71. The predicted molar refractivity (Wildman–Crippen MR) is 50.8 cm³/mol. The van der Waals surface area contributed by atoms with Crippen LogP contribution in [0.2, 0.25) is 0 Å². The molecule has 0 aromatic heterocycles. The predicted octanol–water partition coefficient (Wildman–Crippen LogP) is -2.63. The van der Waals surface area contributed by atoms with Crippen molar-refractivity contribution in [1.82, 2.24) is 0 Å². The minimum absolute atomic E-state index is 0. The average Bonchev–Trinajstić information content (AvgIpc) is 2.55. The van der Waals surface area contributed by atoms with Crippen LogP contribution in [0.3, 0.4) is 0 Å². The Balaban J connectivity index is -0.000000229. The topological polar surface area (TPSA) is 0 Å². The minimum atomic E-state index is 0. The molecule has 76 valence electrons. The van der Waals surface area contributed by atoms with Crippen LogP contribution in [0.4, 0.5) is 0 Å². The molecule has 2 aromatic carbocycles. The maximum atomic E-state index is 3.00. The van der Waals surface area contributed by atoms with E-state index in [9.17, 15) is 0 Å². The van der Waals surface area contributed by atoms with E-state index in [1.165, 1.54) is 10.8 Å². The maximum Gasteiger partial charge on any atom is 0 e. The molecule has 0 radical (unpaired) electrons. The standard InChI is InChI=1S/C9H7.C2H4.2ClH.Hf/c1-2-5-9-7-3-6-8(9)4-1;1-2;;;/h1-7H;1-2H2;2*1H;/q-1;;;;/p-2. The molecule has 3 heteroatoms. The van der Waals surface area contributed by atoms with Crippen LogP contribution in [0.1, 0.15) is 0 Å². The summed E-state index contributed by atoms with van der Waals surface area (Å²) < 4.78 is 0. The Morgan fingerprint density at radius 2 is 1.50 bits per heavy atom. The number of hydrogen-bond donors (Lipinski definition) is 0. The largest absolute Gasteiger partial charge is 1.00 e. The van der Waals surface area contributed by atoms with Gasteiger partial charge in [0, 0.05) is 25.8 Å². The first kappa shape index (κ1) is 19.6. The molecule has 0 unspecified atom stereocenters. The van der Waals surface area contributed by atoms with Gasteiger partial charge in [0.2, 0.25) is 0 Å². The summed E-state index contributed by atoms with van der Waals surface area (Å²) >= 11 is 0. The van der Waals surface area contributed by atoms with Crippen LogP contribution >= 0.6 is 0 Å². The quantitative estimate of drug-likeness (QED) is 0.261. The van der Waals surface area contributed by atoms with Gasteiger partial charge < -0.3 is 24.8 Å². The molecule has 2 aromatic rings. The van der Waals surface area contributed by atoms with Crippen molar-refractivity contribution < 1.29 is 50.7 Å². The Hall–Kier alpha value is 0.0201. The fraction of sp³-hybridized carbons (Fsp3) is 0. The number of rotatable bonds is 0. The molecule has 0 bridgehead atoms. The molecule has 0 saturated carbocycles. The van der Waals surface area contributed by atoms with Crippen LogP contribution in [-0.4, -0.2) is 0 Å². The number of benzene rings is 1. The second-order valence-electron chi connectivity index (χ2n) is 2.15. The number of fused-ring (bicyclic) bond motifs is 1. The van der Waals surface area contributed by atoms with Crippen LogP contribution in [-0.2, 0) is 25.8 Å². The first-order chi connectivity index (χ1) is 5.47. The van der Waals surface area contributed by atoms with Gasteiger partial charge in [-0.1, -0.05) is 6.07 Å². The third kappa shape index (κ3) is 5.04. The molecular formula is C11H11Cl2Hf-3. The van der Waals surface area contributed by atoms with E-state index in [1.54, 1.807) is 0 Å². The van der Waals surface area contributed by atoms with Crippen LogP contribution in [0, 0.1) is 0 Å². The second-order valence-corrected chi connectivity index (χ2v) is 2.15. The molecule has 0 aliphatic rings. The fourth-order valence-electron chi connectivity index (χ4n) is 1.07. The fourth-order valence-corrected chi connectivity index (χ4v) is 1.07. The molecule has 0 spiro atoms. The maximum absolute atomic E-state index is 3.00. The zero-order chi connectivity index (χ0) is 8.10. The van der Waals surface area contributed by atoms with Gasteiger partial charge in [0.25, 0.3) is 0 Å². The van der Waals surface area contributed by atoms with Crippen molar-refractivity contribution in [3.05, 3.63) is 55.6 Å². The summed E-state index contributed by atoms with van der Waals surface area (Å²) in [6.45, 7) is 6.00. The van der Waals surface area contributed by atoms with E-state index in [0.717, 1.165) is 0 Å². The van der Waals surface area contributed by atoms with Crippen molar-refractivity contribution in [1.29, 1.82) is 0 Å². The molecular weight excluding hydrogens is 382 g/mol. The molecule has 0 aliphatic carbocycles. The van der Waals surface area contributed by atoms with Crippen molar-refractivity contribution >= 4 is 10.8 Å². The second kappa shape index (κ2) is 11.1. The van der Waals surface area contributed by atoms with Gasteiger partial charge >= 0.3 is 0 Å². The Morgan fingerprint density at radius 1 is 0.929 bits per heavy atom. The van der Waals surface area contributed by atoms with Gasteiger partial charge in [-0.25, -0.2) is 0 Å². The van der Waals surface area contributed by atoms with E-state index < -0.39 is 0 Å². The van der Waals surface area contributed by atoms with Gasteiger partial charge in [-0.05, 0) is 0 Å². The van der Waals surface area contributed by atoms with Gasteiger partial charge in [-0.15, -0.1) is 42.8 Å². The Labute approximate surface area is 116 Å². The first-order valence-electron chi connectivity index (χ1n) is 3.57. The summed E-state index contributed by atoms with van der Waals surface area (Å²) in [7, 11) is 0. The summed E-state index contributed by atoms with van der Waals surface area (Å²) in [6, 6.07) is 14.7. The van der Waals surface area contributed by atoms with Crippen LogP contribution in [0.25, 0.3) is 10.8 Å². The summed E-state index contributed by atoms with van der Waals surface area (Å²) in [6.07, 6.45) is 0. The summed E-state index contributed by atoms with van der Waals surface area (Å²) in [4.78, 5) is 0. The summed E-state index contributed by atoms with van der Waals surface area (Å²) in [5.41, 5.74) is 0. The molecule has 0 saturated heterocycles. The zero-order valence-corrected chi connectivity index (χ0v) is 12.8. The van der Waals surface area contributed by atoms with Crippen molar-refractivity contribution in [3.63, 3.8) is 0 Å². The van der Waals surface area contributed by atoms with E-state index in [-0.39, 0.29) is 50.7 Å². The van der Waals surface area contributed by atoms with Gasteiger partial charge in [-0.2, -0.15) is 17.5 Å². The molecule has 2 rings (SSSR count). The molecule has 0 fully saturated rings. The van der Waals surface area contributed by atoms with Crippen molar-refractivity contribution in [3.8, 4) is 0 Å².